The molecule has 0 unspecified atom stereocenters. The number of nitrogens with one attached hydrogen (secondary N) is 1. The quantitative estimate of drug-likeness (QED) is 0.677. The minimum absolute atomic E-state index is 0.0255. The Balaban J connectivity index is 1.34. The van der Waals surface area contributed by atoms with Crippen LogP contribution in [0.15, 0.2) is 84.0 Å². The van der Waals surface area contributed by atoms with Gasteiger partial charge in [0.25, 0.3) is 0 Å². The van der Waals surface area contributed by atoms with Crippen LogP contribution in [0.3, 0.4) is 0 Å². The van der Waals surface area contributed by atoms with Gasteiger partial charge in [0.1, 0.15) is 0 Å². The van der Waals surface area contributed by atoms with E-state index < -0.39 is 10.0 Å². The molecule has 1 saturated heterocycles. The molecule has 0 spiro atoms. The highest BCUT2D eigenvalue weighted by molar-refractivity contribution is 7.89. The van der Waals surface area contributed by atoms with Crippen LogP contribution in [-0.4, -0.2) is 37.4 Å². The topological polar surface area (TPSA) is 62.3 Å². The fourth-order valence-corrected chi connectivity index (χ4v) is 5.00. The zero-order chi connectivity index (χ0) is 20.1. The summed E-state index contributed by atoms with van der Waals surface area (Å²) >= 11 is 0. The minimum atomic E-state index is -3.51. The van der Waals surface area contributed by atoms with E-state index in [9.17, 15) is 8.42 Å². The normalized spacial score (nSPS) is 16.0. The summed E-state index contributed by atoms with van der Waals surface area (Å²) in [7, 11) is -3.51. The highest BCUT2D eigenvalue weighted by Gasteiger charge is 2.24. The fourth-order valence-electron chi connectivity index (χ4n) is 3.70. The Morgan fingerprint density at radius 2 is 1.48 bits per heavy atom. The number of hydrogen-bond donors (Lipinski definition) is 1. The summed E-state index contributed by atoms with van der Waals surface area (Å²) in [4.78, 5) is 6.72. The van der Waals surface area contributed by atoms with Gasteiger partial charge in [-0.3, -0.25) is 9.88 Å². The molecule has 1 aliphatic heterocycles. The molecule has 1 fully saturated rings. The molecular formula is C23H25N3O2S. The molecule has 0 radical (unpaired) electrons. The van der Waals surface area contributed by atoms with Crippen molar-refractivity contribution in [2.45, 2.75) is 30.3 Å². The molecule has 3 aromatic rings. The summed E-state index contributed by atoms with van der Waals surface area (Å²) in [5.41, 5.74) is 3.32. The zero-order valence-corrected chi connectivity index (χ0v) is 17.1. The number of sulfonamides is 1. The molecule has 29 heavy (non-hydrogen) atoms. The van der Waals surface area contributed by atoms with Crippen molar-refractivity contribution in [1.82, 2.24) is 14.6 Å². The Bertz CT molecular complexity index is 1010. The van der Waals surface area contributed by atoms with Crippen molar-refractivity contribution in [2.24, 2.45) is 0 Å². The van der Waals surface area contributed by atoms with Crippen molar-refractivity contribution in [3.8, 4) is 11.1 Å². The summed E-state index contributed by atoms with van der Waals surface area (Å²) < 4.78 is 28.5. The van der Waals surface area contributed by atoms with Gasteiger partial charge >= 0.3 is 0 Å². The van der Waals surface area contributed by atoms with E-state index in [2.05, 4.69) is 14.6 Å². The van der Waals surface area contributed by atoms with Crippen LogP contribution in [0.1, 0.15) is 18.4 Å². The lowest BCUT2D eigenvalue weighted by molar-refractivity contribution is 0.200. The highest BCUT2D eigenvalue weighted by atomic mass is 32.2. The number of benzene rings is 2. The van der Waals surface area contributed by atoms with E-state index in [0.717, 1.165) is 43.6 Å². The molecule has 5 nitrogen and oxygen atoms in total. The molecule has 0 amide bonds. The summed E-state index contributed by atoms with van der Waals surface area (Å²) in [5.74, 6) is 0. The molecule has 0 bridgehead atoms. The van der Waals surface area contributed by atoms with Crippen molar-refractivity contribution in [3.05, 3.63) is 84.7 Å². The maximum absolute atomic E-state index is 12.8. The van der Waals surface area contributed by atoms with Crippen molar-refractivity contribution in [1.29, 1.82) is 0 Å². The summed E-state index contributed by atoms with van der Waals surface area (Å²) in [6, 6.07) is 21.1. The first-order valence-electron chi connectivity index (χ1n) is 9.89. The van der Waals surface area contributed by atoms with Crippen LogP contribution in [0, 0.1) is 0 Å². The third-order valence-electron chi connectivity index (χ3n) is 5.34. The van der Waals surface area contributed by atoms with Gasteiger partial charge in [-0.2, -0.15) is 0 Å². The molecule has 1 aromatic heterocycles. The molecule has 1 N–H and O–H groups in total. The van der Waals surface area contributed by atoms with Gasteiger partial charge in [-0.25, -0.2) is 13.1 Å². The van der Waals surface area contributed by atoms with Gasteiger partial charge in [0.05, 0.1) is 4.90 Å². The predicted octanol–water partition coefficient (Wildman–Crippen LogP) is 3.69. The van der Waals surface area contributed by atoms with E-state index in [4.69, 9.17) is 0 Å². The second-order valence-corrected chi connectivity index (χ2v) is 9.13. The Kier molecular flexibility index (Phi) is 6.04. The van der Waals surface area contributed by atoms with Gasteiger partial charge in [0.15, 0.2) is 0 Å². The monoisotopic (exact) mass is 407 g/mol. The molecule has 4 rings (SSSR count). The van der Waals surface area contributed by atoms with Crippen LogP contribution in [0.4, 0.5) is 0 Å². The van der Waals surface area contributed by atoms with Gasteiger partial charge in [-0.1, -0.05) is 42.5 Å². The standard InChI is InChI=1S/C23H25N3O2S/c27-29(28,23-8-6-21(7-9-23)20-4-2-1-3-5-20)25-22-12-16-26(17-13-22)18-19-10-14-24-15-11-19/h1-11,14-15,22,25H,12-13,16-18H2. The Morgan fingerprint density at radius 3 is 2.14 bits per heavy atom. The van der Waals surface area contributed by atoms with E-state index in [-0.39, 0.29) is 6.04 Å². The van der Waals surface area contributed by atoms with E-state index in [1.54, 1.807) is 24.5 Å². The first kappa shape index (κ1) is 19.8. The van der Waals surface area contributed by atoms with Crippen molar-refractivity contribution in [2.75, 3.05) is 13.1 Å². The van der Waals surface area contributed by atoms with Crippen LogP contribution in [0.5, 0.6) is 0 Å². The van der Waals surface area contributed by atoms with Gasteiger partial charge in [-0.05, 0) is 53.8 Å². The molecule has 0 aliphatic carbocycles. The Labute approximate surface area is 172 Å². The third-order valence-corrected chi connectivity index (χ3v) is 6.87. The van der Waals surface area contributed by atoms with Crippen molar-refractivity contribution in [3.63, 3.8) is 0 Å². The smallest absolute Gasteiger partial charge is 0.240 e. The summed E-state index contributed by atoms with van der Waals surface area (Å²) in [6.45, 7) is 2.63. The molecule has 2 heterocycles. The van der Waals surface area contributed by atoms with E-state index in [1.807, 2.05) is 54.6 Å². The van der Waals surface area contributed by atoms with Crippen LogP contribution >= 0.6 is 0 Å². The summed E-state index contributed by atoms with van der Waals surface area (Å²) in [5, 5.41) is 0. The number of hydrogen-bond acceptors (Lipinski definition) is 4. The van der Waals surface area contributed by atoms with Crippen LogP contribution in [-0.2, 0) is 16.6 Å². The minimum Gasteiger partial charge on any atom is -0.299 e. The number of rotatable bonds is 6. The summed E-state index contributed by atoms with van der Waals surface area (Å²) in [6.07, 6.45) is 5.23. The Hall–Kier alpha value is -2.54. The van der Waals surface area contributed by atoms with Crippen LogP contribution in [0.25, 0.3) is 11.1 Å². The molecule has 6 heteroatoms. The Morgan fingerprint density at radius 1 is 0.862 bits per heavy atom. The first-order chi connectivity index (χ1) is 14.1. The molecule has 1 aliphatic rings. The van der Waals surface area contributed by atoms with Crippen molar-refractivity contribution < 1.29 is 8.42 Å². The average molecular weight is 408 g/mol. The van der Waals surface area contributed by atoms with Crippen molar-refractivity contribution >= 4 is 10.0 Å². The van der Waals surface area contributed by atoms with Gasteiger partial charge in [-0.15, -0.1) is 0 Å². The number of piperidine rings is 1. The number of aromatic nitrogens is 1. The molecular weight excluding hydrogens is 382 g/mol. The average Bonchev–Trinajstić information content (AvgIpc) is 2.76. The second kappa shape index (κ2) is 8.86. The maximum atomic E-state index is 12.8. The molecule has 2 aromatic carbocycles. The van der Waals surface area contributed by atoms with Gasteiger partial charge < -0.3 is 0 Å². The van der Waals surface area contributed by atoms with Gasteiger partial charge in [0.2, 0.25) is 10.0 Å². The third kappa shape index (κ3) is 5.09. The largest absolute Gasteiger partial charge is 0.299 e. The zero-order valence-electron chi connectivity index (χ0n) is 16.2. The predicted molar refractivity (Wildman–Crippen MR) is 115 cm³/mol. The fraction of sp³-hybridized carbons (Fsp3) is 0.261. The van der Waals surface area contributed by atoms with Crippen LogP contribution in [0.2, 0.25) is 0 Å². The number of likely N-dealkylation sites (tertiary alicyclic amines) is 1. The van der Waals surface area contributed by atoms with Crippen LogP contribution < -0.4 is 4.72 Å². The number of pyridine rings is 1. The highest BCUT2D eigenvalue weighted by Crippen LogP contribution is 2.22. The first-order valence-corrected chi connectivity index (χ1v) is 11.4. The van der Waals surface area contributed by atoms with E-state index in [0.29, 0.717) is 4.90 Å². The lowest BCUT2D eigenvalue weighted by Crippen LogP contribution is -2.44. The lowest BCUT2D eigenvalue weighted by Gasteiger charge is -2.32. The molecule has 150 valence electrons. The number of nitrogens with zero attached hydrogens (tertiary/aromatic N) is 2. The maximum Gasteiger partial charge on any atom is 0.240 e. The molecule has 0 atom stereocenters. The molecule has 0 saturated carbocycles. The lowest BCUT2D eigenvalue weighted by atomic mass is 10.1. The van der Waals surface area contributed by atoms with Gasteiger partial charge in [0, 0.05) is 38.1 Å². The SMILES string of the molecule is O=S(=O)(NC1CCN(Cc2ccncc2)CC1)c1ccc(-c2ccccc2)cc1. The van der Waals surface area contributed by atoms with E-state index >= 15 is 0 Å². The second-order valence-electron chi connectivity index (χ2n) is 7.42. The van der Waals surface area contributed by atoms with E-state index in [1.165, 1.54) is 5.56 Å².